The number of nitrogens with one attached hydrogen (secondary N) is 1. The summed E-state index contributed by atoms with van der Waals surface area (Å²) in [5.41, 5.74) is 5.58. The van der Waals surface area contributed by atoms with Crippen molar-refractivity contribution < 1.29 is 4.79 Å². The van der Waals surface area contributed by atoms with Crippen LogP contribution in [0.5, 0.6) is 0 Å². The molecule has 1 aromatic heterocycles. The molecule has 7 heteroatoms. The molecule has 0 fully saturated rings. The predicted molar refractivity (Wildman–Crippen MR) is 68.1 cm³/mol. The maximum absolute atomic E-state index is 11.4. The molecule has 1 amide bonds. The lowest BCUT2D eigenvalue weighted by Gasteiger charge is -2.06. The van der Waals surface area contributed by atoms with Crippen molar-refractivity contribution >= 4 is 34.8 Å². The molecular weight excluding hydrogens is 248 g/mol. The number of nitrogens with zero attached hydrogens (tertiary/aromatic N) is 2. The third-order valence-corrected chi connectivity index (χ3v) is 3.08. The number of carbonyl (C=O) groups excluding carboxylic acids is 1. The number of rotatable bonds is 4. The van der Waals surface area contributed by atoms with Gasteiger partial charge in [0.2, 0.25) is 11.0 Å². The molecule has 0 spiro atoms. The Balaban J connectivity index is 0.00000225. The zero-order valence-electron chi connectivity index (χ0n) is 9.56. The Kier molecular flexibility index (Phi) is 6.47. The second-order valence-corrected chi connectivity index (χ2v) is 4.61. The predicted octanol–water partition coefficient (Wildman–Crippen LogP) is 1.76. The Morgan fingerprint density at radius 3 is 2.56 bits per heavy atom. The van der Waals surface area contributed by atoms with E-state index < -0.39 is 6.04 Å². The van der Waals surface area contributed by atoms with E-state index in [2.05, 4.69) is 15.5 Å². The van der Waals surface area contributed by atoms with Gasteiger partial charge in [0.15, 0.2) is 0 Å². The molecule has 1 heterocycles. The molecule has 5 nitrogen and oxygen atoms in total. The average molecular weight is 265 g/mol. The van der Waals surface area contributed by atoms with Crippen molar-refractivity contribution in [3.05, 3.63) is 5.01 Å². The number of anilines is 1. The van der Waals surface area contributed by atoms with Crippen LogP contribution in [0.15, 0.2) is 0 Å². The molecule has 0 aliphatic heterocycles. The van der Waals surface area contributed by atoms with Crippen molar-refractivity contribution in [2.75, 3.05) is 5.32 Å². The lowest BCUT2D eigenvalue weighted by molar-refractivity contribution is -0.117. The van der Waals surface area contributed by atoms with Crippen LogP contribution in [0.2, 0.25) is 0 Å². The van der Waals surface area contributed by atoms with Crippen molar-refractivity contribution in [1.29, 1.82) is 0 Å². The number of carbonyl (C=O) groups is 1. The van der Waals surface area contributed by atoms with E-state index in [9.17, 15) is 4.79 Å². The zero-order valence-corrected chi connectivity index (χ0v) is 11.2. The summed E-state index contributed by atoms with van der Waals surface area (Å²) in [7, 11) is 0. The summed E-state index contributed by atoms with van der Waals surface area (Å²) in [6.45, 7) is 5.93. The van der Waals surface area contributed by atoms with Crippen molar-refractivity contribution in [3.8, 4) is 0 Å². The summed E-state index contributed by atoms with van der Waals surface area (Å²) in [6.07, 6.45) is 0.613. The largest absolute Gasteiger partial charge is 0.320 e. The van der Waals surface area contributed by atoms with E-state index in [4.69, 9.17) is 5.73 Å². The molecule has 0 aromatic carbocycles. The Bertz CT molecular complexity index is 342. The van der Waals surface area contributed by atoms with Gasteiger partial charge in [-0.15, -0.1) is 22.6 Å². The van der Waals surface area contributed by atoms with Crippen LogP contribution in [0.3, 0.4) is 0 Å². The molecule has 0 aliphatic rings. The highest BCUT2D eigenvalue weighted by molar-refractivity contribution is 7.15. The van der Waals surface area contributed by atoms with Gasteiger partial charge in [-0.25, -0.2) is 0 Å². The molecule has 0 unspecified atom stereocenters. The smallest absolute Gasteiger partial charge is 0.243 e. The van der Waals surface area contributed by atoms with Crippen LogP contribution >= 0.6 is 23.7 Å². The summed E-state index contributed by atoms with van der Waals surface area (Å²) in [6, 6.07) is -0.476. The third-order valence-electron chi connectivity index (χ3n) is 1.94. The van der Waals surface area contributed by atoms with Crippen molar-refractivity contribution in [3.63, 3.8) is 0 Å². The van der Waals surface area contributed by atoms with Gasteiger partial charge in [-0.2, -0.15) is 0 Å². The quantitative estimate of drug-likeness (QED) is 0.868. The molecular formula is C9H17ClN4OS. The van der Waals surface area contributed by atoms with E-state index in [1.54, 1.807) is 0 Å². The van der Waals surface area contributed by atoms with Crippen molar-refractivity contribution in [1.82, 2.24) is 10.2 Å². The van der Waals surface area contributed by atoms with Gasteiger partial charge >= 0.3 is 0 Å². The van der Waals surface area contributed by atoms with Crippen LogP contribution in [0.25, 0.3) is 0 Å². The van der Waals surface area contributed by atoms with Gasteiger partial charge in [-0.05, 0) is 6.42 Å². The Labute approximate surface area is 105 Å². The normalized spacial score (nSPS) is 12.1. The molecule has 0 aliphatic carbocycles. The standard InChI is InChI=1S/C9H16N4OS.ClH/c1-4-6(10)7(14)11-9-13-12-8(15-9)5(2)3;/h5-6H,4,10H2,1-3H3,(H,11,13,14);1H/t6-;/m0./s1. The van der Waals surface area contributed by atoms with Crippen LogP contribution in [0.4, 0.5) is 5.13 Å². The molecule has 0 saturated heterocycles. The van der Waals surface area contributed by atoms with E-state index in [1.165, 1.54) is 11.3 Å². The summed E-state index contributed by atoms with van der Waals surface area (Å²) < 4.78 is 0. The Hall–Kier alpha value is -0.720. The minimum atomic E-state index is -0.476. The SMILES string of the molecule is CC[C@H](N)C(=O)Nc1nnc(C(C)C)s1.Cl. The van der Waals surface area contributed by atoms with Crippen LogP contribution in [-0.4, -0.2) is 22.1 Å². The minimum absolute atomic E-state index is 0. The third kappa shape index (κ3) is 4.03. The van der Waals surface area contributed by atoms with Gasteiger partial charge in [-0.3, -0.25) is 10.1 Å². The first-order valence-corrected chi connectivity index (χ1v) is 5.76. The van der Waals surface area contributed by atoms with Gasteiger partial charge < -0.3 is 5.73 Å². The highest BCUT2D eigenvalue weighted by Crippen LogP contribution is 2.22. The van der Waals surface area contributed by atoms with E-state index >= 15 is 0 Å². The second-order valence-electron chi connectivity index (χ2n) is 3.60. The first kappa shape index (κ1) is 15.3. The Morgan fingerprint density at radius 2 is 2.12 bits per heavy atom. The fourth-order valence-electron chi connectivity index (χ4n) is 0.902. The maximum atomic E-state index is 11.4. The molecule has 0 bridgehead atoms. The topological polar surface area (TPSA) is 80.9 Å². The first-order valence-electron chi connectivity index (χ1n) is 4.94. The summed E-state index contributed by atoms with van der Waals surface area (Å²) in [5.74, 6) is 0.122. The molecule has 1 atom stereocenters. The molecule has 1 aromatic rings. The van der Waals surface area contributed by atoms with Gasteiger partial charge in [-0.1, -0.05) is 32.1 Å². The average Bonchev–Trinajstić information content (AvgIpc) is 2.65. The number of aromatic nitrogens is 2. The van der Waals surface area contributed by atoms with Crippen molar-refractivity contribution in [2.45, 2.75) is 39.2 Å². The van der Waals surface area contributed by atoms with Crippen LogP contribution in [-0.2, 0) is 4.79 Å². The summed E-state index contributed by atoms with van der Waals surface area (Å²) >= 11 is 1.39. The highest BCUT2D eigenvalue weighted by Gasteiger charge is 2.14. The van der Waals surface area contributed by atoms with Gasteiger partial charge in [0.05, 0.1) is 6.04 Å². The fraction of sp³-hybridized carbons (Fsp3) is 0.667. The second kappa shape index (κ2) is 6.78. The van der Waals surface area contributed by atoms with Gasteiger partial charge in [0, 0.05) is 5.92 Å². The molecule has 16 heavy (non-hydrogen) atoms. The number of hydrogen-bond donors (Lipinski definition) is 2. The van der Waals surface area contributed by atoms with E-state index in [1.807, 2.05) is 20.8 Å². The van der Waals surface area contributed by atoms with E-state index in [0.29, 0.717) is 17.5 Å². The molecule has 1 rings (SSSR count). The molecule has 92 valence electrons. The molecule has 3 N–H and O–H groups in total. The fourth-order valence-corrected chi connectivity index (χ4v) is 1.65. The monoisotopic (exact) mass is 264 g/mol. The van der Waals surface area contributed by atoms with Crippen LogP contribution in [0.1, 0.15) is 38.1 Å². The van der Waals surface area contributed by atoms with Gasteiger partial charge in [0.25, 0.3) is 0 Å². The lowest BCUT2D eigenvalue weighted by Crippen LogP contribution is -2.34. The first-order chi connectivity index (χ1) is 7.04. The van der Waals surface area contributed by atoms with Crippen molar-refractivity contribution in [2.24, 2.45) is 5.73 Å². The van der Waals surface area contributed by atoms with Gasteiger partial charge in [0.1, 0.15) is 5.01 Å². The zero-order chi connectivity index (χ0) is 11.4. The summed E-state index contributed by atoms with van der Waals surface area (Å²) in [5, 5.41) is 11.9. The number of hydrogen-bond acceptors (Lipinski definition) is 5. The van der Waals surface area contributed by atoms with Crippen LogP contribution in [0, 0.1) is 0 Å². The number of amides is 1. The molecule has 0 radical (unpaired) electrons. The van der Waals surface area contributed by atoms with Crippen LogP contribution < -0.4 is 11.1 Å². The molecule has 0 saturated carbocycles. The highest BCUT2D eigenvalue weighted by atomic mass is 35.5. The minimum Gasteiger partial charge on any atom is -0.320 e. The summed E-state index contributed by atoms with van der Waals surface area (Å²) in [4.78, 5) is 11.4. The number of halogens is 1. The number of nitrogens with two attached hydrogens (primary N) is 1. The Morgan fingerprint density at radius 1 is 1.50 bits per heavy atom. The van der Waals surface area contributed by atoms with E-state index in [-0.39, 0.29) is 18.3 Å². The lowest BCUT2D eigenvalue weighted by atomic mass is 10.2. The maximum Gasteiger partial charge on any atom is 0.243 e. The van der Waals surface area contributed by atoms with E-state index in [0.717, 1.165) is 5.01 Å².